The molecule has 0 saturated carbocycles. The molecule has 0 bridgehead atoms. The molecule has 0 radical (unpaired) electrons. The Morgan fingerprint density at radius 2 is 2.08 bits per heavy atom. The van der Waals surface area contributed by atoms with Gasteiger partial charge in [-0.15, -0.1) is 6.58 Å². The number of carbonyl (C=O) groups excluding carboxylic acids is 1. The maximum absolute atomic E-state index is 11.9. The van der Waals surface area contributed by atoms with Gasteiger partial charge < -0.3 is 5.11 Å². The molecule has 122 valence electrons. The quantitative estimate of drug-likeness (QED) is 0.369. The fraction of sp³-hybridized carbons (Fsp3) is 0.0588. The number of phenolic OH excluding ortho intramolecular Hbond substituents is 1. The number of benzene rings is 2. The molecule has 0 aliphatic heterocycles. The second-order valence-electron chi connectivity index (χ2n) is 4.85. The van der Waals surface area contributed by atoms with Crippen molar-refractivity contribution in [2.75, 3.05) is 0 Å². The van der Waals surface area contributed by atoms with Crippen LogP contribution >= 0.6 is 0 Å². The number of hydrogen-bond donors (Lipinski definition) is 2. The van der Waals surface area contributed by atoms with Gasteiger partial charge >= 0.3 is 0 Å². The van der Waals surface area contributed by atoms with Crippen LogP contribution in [0.4, 0.5) is 5.69 Å². The Morgan fingerprint density at radius 3 is 2.79 bits per heavy atom. The molecule has 0 aliphatic carbocycles. The van der Waals surface area contributed by atoms with Crippen molar-refractivity contribution in [3.63, 3.8) is 0 Å². The minimum atomic E-state index is -0.586. The minimum absolute atomic E-state index is 0.0609. The summed E-state index contributed by atoms with van der Waals surface area (Å²) >= 11 is 0. The summed E-state index contributed by atoms with van der Waals surface area (Å²) in [5.41, 5.74) is 3.34. The number of aromatic hydroxyl groups is 1. The minimum Gasteiger partial charge on any atom is -0.507 e. The first kappa shape index (κ1) is 16.9. The Balaban J connectivity index is 2.10. The number of rotatable bonds is 6. The molecule has 2 rings (SSSR count). The third-order valence-electron chi connectivity index (χ3n) is 3.20. The van der Waals surface area contributed by atoms with Crippen molar-refractivity contribution in [2.24, 2.45) is 5.10 Å². The lowest BCUT2D eigenvalue weighted by Crippen LogP contribution is -2.17. The molecule has 2 aromatic carbocycles. The van der Waals surface area contributed by atoms with Gasteiger partial charge in [0.2, 0.25) is 0 Å². The number of non-ortho nitro benzene ring substituents is 1. The molecular weight excluding hydrogens is 310 g/mol. The average Bonchev–Trinajstić information content (AvgIpc) is 2.58. The standard InChI is InChI=1S/C17H15N3O4/c1-2-5-12-6-3-8-14(16(12)21)11-18-19-17(22)13-7-4-9-15(10-13)20(23)24/h2-4,6-11,21H,1,5H2,(H,19,22). The summed E-state index contributed by atoms with van der Waals surface area (Å²) in [7, 11) is 0. The van der Waals surface area contributed by atoms with Gasteiger partial charge in [0.15, 0.2) is 0 Å². The van der Waals surface area contributed by atoms with Crippen molar-refractivity contribution in [1.82, 2.24) is 5.43 Å². The van der Waals surface area contributed by atoms with Gasteiger partial charge in [0.25, 0.3) is 11.6 Å². The number of nitrogens with one attached hydrogen (secondary N) is 1. The van der Waals surface area contributed by atoms with Crippen LogP contribution in [0.1, 0.15) is 21.5 Å². The Kier molecular flexibility index (Phi) is 5.40. The van der Waals surface area contributed by atoms with Gasteiger partial charge in [-0.05, 0) is 24.1 Å². The van der Waals surface area contributed by atoms with Crippen LogP contribution in [-0.2, 0) is 6.42 Å². The highest BCUT2D eigenvalue weighted by atomic mass is 16.6. The normalized spacial score (nSPS) is 10.5. The maximum Gasteiger partial charge on any atom is 0.271 e. The molecule has 0 spiro atoms. The number of para-hydroxylation sites is 1. The molecular formula is C17H15N3O4. The highest BCUT2D eigenvalue weighted by molar-refractivity contribution is 5.95. The third-order valence-corrected chi connectivity index (χ3v) is 3.20. The predicted molar refractivity (Wildman–Crippen MR) is 90.2 cm³/mol. The van der Waals surface area contributed by atoms with Crippen molar-refractivity contribution in [3.8, 4) is 5.75 Å². The van der Waals surface area contributed by atoms with Crippen LogP contribution in [0.3, 0.4) is 0 Å². The second-order valence-corrected chi connectivity index (χ2v) is 4.85. The maximum atomic E-state index is 11.9. The lowest BCUT2D eigenvalue weighted by molar-refractivity contribution is -0.384. The number of amides is 1. The molecule has 1 amide bonds. The lowest BCUT2D eigenvalue weighted by atomic mass is 10.1. The van der Waals surface area contributed by atoms with Crippen LogP contribution in [0.2, 0.25) is 0 Å². The third kappa shape index (κ3) is 4.04. The molecule has 0 heterocycles. The van der Waals surface area contributed by atoms with E-state index in [-0.39, 0.29) is 17.0 Å². The zero-order valence-corrected chi connectivity index (χ0v) is 12.7. The highest BCUT2D eigenvalue weighted by Gasteiger charge is 2.10. The first-order valence-corrected chi connectivity index (χ1v) is 7.02. The molecule has 0 aliphatic rings. The van der Waals surface area contributed by atoms with E-state index in [1.165, 1.54) is 24.4 Å². The Morgan fingerprint density at radius 1 is 1.33 bits per heavy atom. The van der Waals surface area contributed by atoms with E-state index in [1.54, 1.807) is 24.3 Å². The summed E-state index contributed by atoms with van der Waals surface area (Å²) in [5.74, 6) is -0.526. The lowest BCUT2D eigenvalue weighted by Gasteiger charge is -2.04. The number of carbonyl (C=O) groups is 1. The largest absolute Gasteiger partial charge is 0.507 e. The number of phenols is 1. The van der Waals surface area contributed by atoms with Gasteiger partial charge in [-0.25, -0.2) is 5.43 Å². The van der Waals surface area contributed by atoms with Crippen molar-refractivity contribution in [2.45, 2.75) is 6.42 Å². The molecule has 7 heteroatoms. The fourth-order valence-electron chi connectivity index (χ4n) is 2.02. The number of hydrogen-bond acceptors (Lipinski definition) is 5. The van der Waals surface area contributed by atoms with E-state index < -0.39 is 10.8 Å². The smallest absolute Gasteiger partial charge is 0.271 e. The first-order valence-electron chi connectivity index (χ1n) is 7.02. The van der Waals surface area contributed by atoms with Crippen LogP contribution in [-0.4, -0.2) is 22.2 Å². The summed E-state index contributed by atoms with van der Waals surface area (Å²) in [6.45, 7) is 3.62. The van der Waals surface area contributed by atoms with Gasteiger partial charge in [-0.3, -0.25) is 14.9 Å². The molecule has 0 atom stereocenters. The van der Waals surface area contributed by atoms with Crippen LogP contribution in [0.15, 0.2) is 60.2 Å². The Bertz CT molecular complexity index is 815. The van der Waals surface area contributed by atoms with Gasteiger partial charge in [-0.1, -0.05) is 24.3 Å². The van der Waals surface area contributed by atoms with E-state index in [4.69, 9.17) is 0 Å². The molecule has 7 nitrogen and oxygen atoms in total. The van der Waals surface area contributed by atoms with Gasteiger partial charge in [0, 0.05) is 23.3 Å². The summed E-state index contributed by atoms with van der Waals surface area (Å²) < 4.78 is 0. The van der Waals surface area contributed by atoms with E-state index in [9.17, 15) is 20.0 Å². The summed E-state index contributed by atoms with van der Waals surface area (Å²) in [4.78, 5) is 22.1. The fourth-order valence-corrected chi connectivity index (χ4v) is 2.02. The number of nitrogens with zero attached hydrogens (tertiary/aromatic N) is 2. The van der Waals surface area contributed by atoms with Crippen LogP contribution in [0, 0.1) is 10.1 Å². The zero-order valence-electron chi connectivity index (χ0n) is 12.7. The number of nitro groups is 1. The molecule has 0 unspecified atom stereocenters. The molecule has 2 N–H and O–H groups in total. The highest BCUT2D eigenvalue weighted by Crippen LogP contribution is 2.21. The predicted octanol–water partition coefficient (Wildman–Crippen LogP) is 2.79. The number of hydrazone groups is 1. The topological polar surface area (TPSA) is 105 Å². The molecule has 0 fully saturated rings. The summed E-state index contributed by atoms with van der Waals surface area (Å²) in [5, 5.41) is 24.6. The summed E-state index contributed by atoms with van der Waals surface area (Å²) in [6.07, 6.45) is 3.48. The van der Waals surface area contributed by atoms with E-state index in [0.29, 0.717) is 17.5 Å². The Hall–Kier alpha value is -3.48. The molecule has 2 aromatic rings. The molecule has 0 aromatic heterocycles. The van der Waals surface area contributed by atoms with E-state index in [0.717, 1.165) is 6.07 Å². The van der Waals surface area contributed by atoms with Crippen molar-refractivity contribution in [3.05, 3.63) is 81.9 Å². The number of nitro benzene ring substituents is 1. The molecule has 0 saturated heterocycles. The van der Waals surface area contributed by atoms with Gasteiger partial charge in [0.05, 0.1) is 11.1 Å². The van der Waals surface area contributed by atoms with E-state index >= 15 is 0 Å². The van der Waals surface area contributed by atoms with Crippen molar-refractivity contribution in [1.29, 1.82) is 0 Å². The first-order chi connectivity index (χ1) is 11.5. The average molecular weight is 325 g/mol. The van der Waals surface area contributed by atoms with E-state index in [2.05, 4.69) is 17.1 Å². The van der Waals surface area contributed by atoms with Crippen molar-refractivity contribution >= 4 is 17.8 Å². The summed E-state index contributed by atoms with van der Waals surface area (Å²) in [6, 6.07) is 10.5. The Labute approximate surface area is 138 Å². The van der Waals surface area contributed by atoms with Gasteiger partial charge in [0.1, 0.15) is 5.75 Å². The van der Waals surface area contributed by atoms with Crippen LogP contribution in [0.25, 0.3) is 0 Å². The van der Waals surface area contributed by atoms with Crippen LogP contribution < -0.4 is 5.43 Å². The monoisotopic (exact) mass is 325 g/mol. The SMILES string of the molecule is C=CCc1cccc(C=NNC(=O)c2cccc([N+](=O)[O-])c2)c1O. The van der Waals surface area contributed by atoms with Crippen LogP contribution in [0.5, 0.6) is 5.75 Å². The molecule has 24 heavy (non-hydrogen) atoms. The zero-order chi connectivity index (χ0) is 17.5. The van der Waals surface area contributed by atoms with E-state index in [1.807, 2.05) is 0 Å². The van der Waals surface area contributed by atoms with Gasteiger partial charge in [-0.2, -0.15) is 5.10 Å². The number of allylic oxidation sites excluding steroid dienone is 1. The second kappa shape index (κ2) is 7.68. The van der Waals surface area contributed by atoms with Crippen molar-refractivity contribution < 1.29 is 14.8 Å².